The van der Waals surface area contributed by atoms with Gasteiger partial charge in [-0.3, -0.25) is 9.59 Å². The van der Waals surface area contributed by atoms with Gasteiger partial charge < -0.3 is 28.4 Å². The number of ether oxygens (including phenoxy) is 6. The minimum absolute atomic E-state index is 0.0385. The smallest absolute Gasteiger partial charge is 0.344 e. The van der Waals surface area contributed by atoms with Gasteiger partial charge >= 0.3 is 23.9 Å². The van der Waals surface area contributed by atoms with Gasteiger partial charge in [0.1, 0.15) is 42.3 Å². The Labute approximate surface area is 228 Å². The third kappa shape index (κ3) is 13.9. The van der Waals surface area contributed by atoms with Crippen LogP contribution in [0.3, 0.4) is 0 Å². The zero-order valence-electron chi connectivity index (χ0n) is 23.2. The average Bonchev–Trinajstić information content (AvgIpc) is 2.83. The van der Waals surface area contributed by atoms with Gasteiger partial charge in [-0.2, -0.15) is 0 Å². The molecule has 0 aliphatic heterocycles. The molecule has 0 bridgehead atoms. The third-order valence-electron chi connectivity index (χ3n) is 4.49. The summed E-state index contributed by atoms with van der Waals surface area (Å²) in [5.41, 5.74) is 0.172. The average molecular weight is 545 g/mol. The molecule has 0 saturated carbocycles. The van der Waals surface area contributed by atoms with Crippen molar-refractivity contribution in [3.63, 3.8) is 0 Å². The van der Waals surface area contributed by atoms with E-state index in [1.165, 1.54) is 0 Å². The molecule has 0 fully saturated rings. The molecule has 0 aliphatic rings. The molecule has 0 atom stereocenters. The molecule has 212 valence electrons. The molecule has 10 nitrogen and oxygen atoms in total. The summed E-state index contributed by atoms with van der Waals surface area (Å²) in [6.45, 7) is 10.1. The largest absolute Gasteiger partial charge is 0.482 e. The van der Waals surface area contributed by atoms with Crippen LogP contribution in [-0.2, 0) is 51.3 Å². The fourth-order valence-corrected chi connectivity index (χ4v) is 2.94. The Morgan fingerprint density at radius 2 is 0.872 bits per heavy atom. The molecular weight excluding hydrogens is 508 g/mol. The van der Waals surface area contributed by atoms with Crippen LogP contribution in [0.15, 0.2) is 48.5 Å². The molecule has 0 saturated heterocycles. The molecule has 0 radical (unpaired) electrons. The molecule has 39 heavy (non-hydrogen) atoms. The van der Waals surface area contributed by atoms with Crippen LogP contribution in [0.5, 0.6) is 11.5 Å². The van der Waals surface area contributed by atoms with Crippen molar-refractivity contribution >= 4 is 23.9 Å². The monoisotopic (exact) mass is 544 g/mol. The Morgan fingerprint density at radius 3 is 1.18 bits per heavy atom. The van der Waals surface area contributed by atoms with Crippen molar-refractivity contribution in [1.82, 2.24) is 0 Å². The quantitative estimate of drug-likeness (QED) is 0.217. The minimum atomic E-state index is -0.726. The Morgan fingerprint density at radius 1 is 0.538 bits per heavy atom. The topological polar surface area (TPSA) is 124 Å². The number of rotatable bonds is 12. The standard InChI is InChI=1S/C29H36O10/c1-28(2,3)38-26(32)18-34-22-11-7-20(8-12-22)16-36-24(30)15-25(31)37-17-21-9-13-23(14-10-21)35-19-27(33)39-29(4,5)6/h7-14H,15-19H2,1-6H3. The zero-order valence-corrected chi connectivity index (χ0v) is 23.2. The summed E-state index contributed by atoms with van der Waals surface area (Å²) in [7, 11) is 0. The predicted octanol–water partition coefficient (Wildman–Crippen LogP) is 4.30. The fourth-order valence-electron chi connectivity index (χ4n) is 2.94. The highest BCUT2D eigenvalue weighted by Crippen LogP contribution is 2.16. The predicted molar refractivity (Wildman–Crippen MR) is 140 cm³/mol. The molecule has 0 aliphatic carbocycles. The number of esters is 4. The first-order valence-electron chi connectivity index (χ1n) is 12.4. The Kier molecular flexibility index (Phi) is 11.3. The molecular formula is C29H36O10. The summed E-state index contributed by atoms with van der Waals surface area (Å²) < 4.78 is 31.4. The Balaban J connectivity index is 1.66. The number of benzene rings is 2. The van der Waals surface area contributed by atoms with Crippen molar-refractivity contribution in [2.24, 2.45) is 0 Å². The van der Waals surface area contributed by atoms with E-state index in [1.54, 1.807) is 90.1 Å². The van der Waals surface area contributed by atoms with Crippen LogP contribution < -0.4 is 9.47 Å². The van der Waals surface area contributed by atoms with E-state index < -0.39 is 41.5 Å². The van der Waals surface area contributed by atoms with E-state index in [4.69, 9.17) is 28.4 Å². The fraction of sp³-hybridized carbons (Fsp3) is 0.448. The highest BCUT2D eigenvalue weighted by atomic mass is 16.6. The molecule has 2 aromatic carbocycles. The summed E-state index contributed by atoms with van der Waals surface area (Å²) in [5.74, 6) is -1.49. The number of carbonyl (C=O) groups is 4. The van der Waals surface area contributed by atoms with E-state index in [9.17, 15) is 19.2 Å². The van der Waals surface area contributed by atoms with Crippen molar-refractivity contribution < 1.29 is 47.6 Å². The third-order valence-corrected chi connectivity index (χ3v) is 4.49. The minimum Gasteiger partial charge on any atom is -0.482 e. The molecule has 0 aromatic heterocycles. The van der Waals surface area contributed by atoms with Crippen LogP contribution in [0.4, 0.5) is 0 Å². The van der Waals surface area contributed by atoms with Crippen molar-refractivity contribution in [2.45, 2.75) is 72.4 Å². The first-order chi connectivity index (χ1) is 18.2. The first-order valence-corrected chi connectivity index (χ1v) is 12.4. The summed E-state index contributed by atoms with van der Waals surface area (Å²) in [5, 5.41) is 0. The maximum absolute atomic E-state index is 12.0. The van der Waals surface area contributed by atoms with Gasteiger partial charge in [-0.25, -0.2) is 9.59 Å². The first kappa shape index (κ1) is 31.1. The van der Waals surface area contributed by atoms with Crippen molar-refractivity contribution in [2.75, 3.05) is 13.2 Å². The van der Waals surface area contributed by atoms with Gasteiger partial charge in [-0.1, -0.05) is 24.3 Å². The Hall–Kier alpha value is -4.08. The van der Waals surface area contributed by atoms with Gasteiger partial charge in [-0.05, 0) is 76.9 Å². The number of hydrogen-bond acceptors (Lipinski definition) is 10. The lowest BCUT2D eigenvalue weighted by molar-refractivity contribution is -0.158. The maximum atomic E-state index is 12.0. The van der Waals surface area contributed by atoms with Crippen LogP contribution in [0.25, 0.3) is 0 Å². The van der Waals surface area contributed by atoms with Crippen molar-refractivity contribution in [3.8, 4) is 11.5 Å². The second kappa shape index (κ2) is 14.2. The van der Waals surface area contributed by atoms with E-state index >= 15 is 0 Å². The lowest BCUT2D eigenvalue weighted by atomic mass is 10.2. The van der Waals surface area contributed by atoms with Crippen LogP contribution >= 0.6 is 0 Å². The maximum Gasteiger partial charge on any atom is 0.344 e. The van der Waals surface area contributed by atoms with E-state index in [0.717, 1.165) is 0 Å². The van der Waals surface area contributed by atoms with E-state index in [2.05, 4.69) is 0 Å². The summed E-state index contributed by atoms with van der Waals surface area (Å²) in [6.07, 6.45) is -0.534. The van der Waals surface area contributed by atoms with Gasteiger partial charge in [0.05, 0.1) is 0 Å². The second-order valence-corrected chi connectivity index (χ2v) is 10.5. The molecule has 0 spiro atoms. The SMILES string of the molecule is CC(C)(C)OC(=O)COc1ccc(COC(=O)CC(=O)OCc2ccc(OCC(=O)OC(C)(C)C)cc2)cc1. The molecule has 2 aromatic rings. The van der Waals surface area contributed by atoms with Gasteiger partial charge in [-0.15, -0.1) is 0 Å². The summed E-state index contributed by atoms with van der Waals surface area (Å²) in [4.78, 5) is 47.4. The van der Waals surface area contributed by atoms with Gasteiger partial charge in [0.15, 0.2) is 13.2 Å². The molecule has 0 unspecified atom stereocenters. The zero-order chi connectivity index (χ0) is 29.1. The highest BCUT2D eigenvalue weighted by Gasteiger charge is 2.18. The van der Waals surface area contributed by atoms with Crippen LogP contribution in [0.1, 0.15) is 59.1 Å². The number of hydrogen-bond donors (Lipinski definition) is 0. The number of carbonyl (C=O) groups excluding carboxylic acids is 4. The lowest BCUT2D eigenvalue weighted by Gasteiger charge is -2.19. The van der Waals surface area contributed by atoms with E-state index in [1.807, 2.05) is 0 Å². The van der Waals surface area contributed by atoms with Gasteiger partial charge in [0.2, 0.25) is 0 Å². The normalized spacial score (nSPS) is 11.2. The van der Waals surface area contributed by atoms with Crippen LogP contribution in [-0.4, -0.2) is 48.3 Å². The Bertz CT molecular complexity index is 1020. The summed E-state index contributed by atoms with van der Waals surface area (Å²) >= 11 is 0. The van der Waals surface area contributed by atoms with Gasteiger partial charge in [0, 0.05) is 0 Å². The van der Waals surface area contributed by atoms with Gasteiger partial charge in [0.25, 0.3) is 0 Å². The molecule has 0 N–H and O–H groups in total. The molecule has 10 heteroatoms. The van der Waals surface area contributed by atoms with E-state index in [0.29, 0.717) is 22.6 Å². The molecule has 0 amide bonds. The lowest BCUT2D eigenvalue weighted by Crippen LogP contribution is -2.27. The van der Waals surface area contributed by atoms with Crippen molar-refractivity contribution in [3.05, 3.63) is 59.7 Å². The van der Waals surface area contributed by atoms with Crippen LogP contribution in [0.2, 0.25) is 0 Å². The molecule has 2 rings (SSSR count). The van der Waals surface area contributed by atoms with Crippen LogP contribution in [0, 0.1) is 0 Å². The molecule has 0 heterocycles. The summed E-state index contributed by atoms with van der Waals surface area (Å²) in [6, 6.07) is 13.2. The van der Waals surface area contributed by atoms with Crippen molar-refractivity contribution in [1.29, 1.82) is 0 Å². The second-order valence-electron chi connectivity index (χ2n) is 10.5. The highest BCUT2D eigenvalue weighted by molar-refractivity contribution is 5.91. The van der Waals surface area contributed by atoms with E-state index in [-0.39, 0.29) is 26.4 Å².